The van der Waals surface area contributed by atoms with Gasteiger partial charge in [0.2, 0.25) is 0 Å². The van der Waals surface area contributed by atoms with Crippen LogP contribution in [0.3, 0.4) is 0 Å². The lowest BCUT2D eigenvalue weighted by atomic mass is 10.1. The molecule has 122 valence electrons. The second-order valence-electron chi connectivity index (χ2n) is 5.67. The number of benzene rings is 2. The number of amides is 1. The van der Waals surface area contributed by atoms with E-state index in [0.29, 0.717) is 11.6 Å². The predicted octanol–water partition coefficient (Wildman–Crippen LogP) is 4.08. The number of carbonyl (C=O) groups excluding carboxylic acids is 1. The minimum Gasteiger partial charge on any atom is -0.370 e. The van der Waals surface area contributed by atoms with E-state index >= 15 is 0 Å². The Labute approximate surface area is 140 Å². The van der Waals surface area contributed by atoms with Crippen molar-refractivity contribution in [1.29, 1.82) is 0 Å². The first-order valence-electron chi connectivity index (χ1n) is 7.74. The van der Waals surface area contributed by atoms with Gasteiger partial charge in [-0.05, 0) is 37.1 Å². The lowest BCUT2D eigenvalue weighted by Crippen LogP contribution is -2.27. The number of hydrogen-bond acceptors (Lipinski definition) is 4. The molecule has 2 aromatic carbocycles. The lowest BCUT2D eigenvalue weighted by Gasteiger charge is -2.19. The van der Waals surface area contributed by atoms with Crippen molar-refractivity contribution in [3.05, 3.63) is 77.6 Å². The summed E-state index contributed by atoms with van der Waals surface area (Å²) >= 11 is 0. The molecule has 1 heterocycles. The van der Waals surface area contributed by atoms with Gasteiger partial charge in [0.15, 0.2) is 5.82 Å². The average molecular weight is 321 g/mol. The van der Waals surface area contributed by atoms with Gasteiger partial charge in [-0.1, -0.05) is 47.6 Å². The van der Waals surface area contributed by atoms with Crippen molar-refractivity contribution in [3.63, 3.8) is 0 Å². The molecule has 0 saturated heterocycles. The number of nitrogens with zero attached hydrogens (tertiary/aromatic N) is 1. The first-order chi connectivity index (χ1) is 11.6. The topological polar surface area (TPSA) is 67.2 Å². The zero-order valence-corrected chi connectivity index (χ0v) is 13.6. The molecule has 0 aliphatic rings. The Morgan fingerprint density at radius 1 is 1.04 bits per heavy atom. The molecule has 2 N–H and O–H groups in total. The first-order valence-corrected chi connectivity index (χ1v) is 7.74. The van der Waals surface area contributed by atoms with Gasteiger partial charge < -0.3 is 15.2 Å². The highest BCUT2D eigenvalue weighted by molar-refractivity contribution is 5.96. The molecule has 24 heavy (non-hydrogen) atoms. The van der Waals surface area contributed by atoms with Crippen LogP contribution in [0.15, 0.2) is 65.2 Å². The Morgan fingerprint density at radius 2 is 1.83 bits per heavy atom. The maximum Gasteiger partial charge on any atom is 0.252 e. The van der Waals surface area contributed by atoms with Crippen LogP contribution >= 0.6 is 0 Å². The Morgan fingerprint density at radius 3 is 2.50 bits per heavy atom. The quantitative estimate of drug-likeness (QED) is 0.743. The van der Waals surface area contributed by atoms with Crippen LogP contribution in [0.2, 0.25) is 0 Å². The highest BCUT2D eigenvalue weighted by atomic mass is 16.5. The molecule has 1 aromatic heterocycles. The van der Waals surface area contributed by atoms with Crippen molar-refractivity contribution in [1.82, 2.24) is 5.16 Å². The molecule has 1 amide bonds. The number of hydrogen-bond donors (Lipinski definition) is 2. The number of nitrogens with one attached hydrogen (secondary N) is 2. The molecule has 0 fully saturated rings. The zero-order valence-electron chi connectivity index (χ0n) is 13.6. The van der Waals surface area contributed by atoms with Crippen molar-refractivity contribution in [2.24, 2.45) is 0 Å². The van der Waals surface area contributed by atoms with E-state index < -0.39 is 6.04 Å². The van der Waals surface area contributed by atoms with Gasteiger partial charge in [0, 0.05) is 11.8 Å². The standard InChI is InChI=1S/C19H19N3O2/c1-13-7-6-10-16(11-13)20-18(15-8-4-3-5-9-15)19(23)21-17-12-14(2)24-22-17/h3-12,18,20H,1-2H3,(H,21,22,23). The molecule has 0 saturated carbocycles. The van der Waals surface area contributed by atoms with Gasteiger partial charge in [-0.3, -0.25) is 4.79 Å². The van der Waals surface area contributed by atoms with Crippen molar-refractivity contribution < 1.29 is 9.32 Å². The molecular formula is C19H19N3O2. The van der Waals surface area contributed by atoms with Gasteiger partial charge in [-0.25, -0.2) is 0 Å². The van der Waals surface area contributed by atoms with Crippen LogP contribution in [0.5, 0.6) is 0 Å². The number of carbonyl (C=O) groups is 1. The molecule has 5 nitrogen and oxygen atoms in total. The molecule has 0 aliphatic heterocycles. The molecule has 1 unspecified atom stereocenters. The molecule has 0 aliphatic carbocycles. The van der Waals surface area contributed by atoms with Gasteiger partial charge in [0.05, 0.1) is 0 Å². The predicted molar refractivity (Wildman–Crippen MR) is 93.9 cm³/mol. The second-order valence-corrected chi connectivity index (χ2v) is 5.67. The van der Waals surface area contributed by atoms with Crippen LogP contribution in [0.1, 0.15) is 22.9 Å². The summed E-state index contributed by atoms with van der Waals surface area (Å²) in [6.07, 6.45) is 0. The number of aryl methyl sites for hydroxylation is 2. The van der Waals surface area contributed by atoms with E-state index in [1.807, 2.05) is 61.5 Å². The first kappa shape index (κ1) is 15.8. The fourth-order valence-electron chi connectivity index (χ4n) is 2.47. The van der Waals surface area contributed by atoms with Gasteiger partial charge in [0.1, 0.15) is 11.8 Å². The van der Waals surface area contributed by atoms with E-state index in [0.717, 1.165) is 16.8 Å². The summed E-state index contributed by atoms with van der Waals surface area (Å²) in [5.41, 5.74) is 2.88. The molecule has 5 heteroatoms. The molecule has 0 spiro atoms. The van der Waals surface area contributed by atoms with Crippen molar-refractivity contribution in [2.75, 3.05) is 10.6 Å². The van der Waals surface area contributed by atoms with Crippen LogP contribution < -0.4 is 10.6 Å². The van der Waals surface area contributed by atoms with Crippen molar-refractivity contribution in [3.8, 4) is 0 Å². The van der Waals surface area contributed by atoms with Crippen LogP contribution in [0.4, 0.5) is 11.5 Å². The van der Waals surface area contributed by atoms with Gasteiger partial charge >= 0.3 is 0 Å². The SMILES string of the molecule is Cc1cccc(NC(C(=O)Nc2cc(C)on2)c2ccccc2)c1. The Balaban J connectivity index is 1.85. The molecule has 3 rings (SSSR count). The van der Waals surface area contributed by atoms with E-state index in [4.69, 9.17) is 4.52 Å². The smallest absolute Gasteiger partial charge is 0.252 e. The van der Waals surface area contributed by atoms with Crippen LogP contribution in [0.25, 0.3) is 0 Å². The third kappa shape index (κ3) is 3.81. The molecule has 0 bridgehead atoms. The fraction of sp³-hybridized carbons (Fsp3) is 0.158. The molecule has 1 atom stereocenters. The maximum absolute atomic E-state index is 12.8. The number of anilines is 2. The third-order valence-corrected chi connectivity index (χ3v) is 3.60. The zero-order chi connectivity index (χ0) is 16.9. The van der Waals surface area contributed by atoms with Gasteiger partial charge in [-0.15, -0.1) is 0 Å². The molecular weight excluding hydrogens is 302 g/mol. The van der Waals surface area contributed by atoms with Crippen molar-refractivity contribution in [2.45, 2.75) is 19.9 Å². The highest BCUT2D eigenvalue weighted by Gasteiger charge is 2.21. The maximum atomic E-state index is 12.8. The van der Waals surface area contributed by atoms with E-state index in [1.165, 1.54) is 0 Å². The van der Waals surface area contributed by atoms with E-state index in [1.54, 1.807) is 13.0 Å². The highest BCUT2D eigenvalue weighted by Crippen LogP contribution is 2.22. The van der Waals surface area contributed by atoms with E-state index in [-0.39, 0.29) is 5.91 Å². The minimum atomic E-state index is -0.537. The van der Waals surface area contributed by atoms with Crippen LogP contribution in [-0.2, 0) is 4.79 Å². The fourth-order valence-corrected chi connectivity index (χ4v) is 2.47. The summed E-state index contributed by atoms with van der Waals surface area (Å²) in [7, 11) is 0. The molecule has 0 radical (unpaired) electrons. The summed E-state index contributed by atoms with van der Waals surface area (Å²) in [6.45, 7) is 3.79. The summed E-state index contributed by atoms with van der Waals surface area (Å²) in [6, 6.07) is 18.6. The average Bonchev–Trinajstić information content (AvgIpc) is 2.98. The summed E-state index contributed by atoms with van der Waals surface area (Å²) < 4.78 is 5.00. The monoisotopic (exact) mass is 321 g/mol. The molecule has 3 aromatic rings. The largest absolute Gasteiger partial charge is 0.370 e. The van der Waals surface area contributed by atoms with Gasteiger partial charge in [0.25, 0.3) is 5.91 Å². The van der Waals surface area contributed by atoms with Crippen LogP contribution in [0, 0.1) is 13.8 Å². The summed E-state index contributed by atoms with van der Waals surface area (Å²) in [4.78, 5) is 12.8. The van der Waals surface area contributed by atoms with Gasteiger partial charge in [-0.2, -0.15) is 0 Å². The third-order valence-electron chi connectivity index (χ3n) is 3.60. The number of aromatic nitrogens is 1. The lowest BCUT2D eigenvalue weighted by molar-refractivity contribution is -0.117. The normalized spacial score (nSPS) is 11.8. The number of rotatable bonds is 5. The second kappa shape index (κ2) is 7.00. The Bertz CT molecular complexity index is 827. The summed E-state index contributed by atoms with van der Waals surface area (Å²) in [5.74, 6) is 0.855. The Kier molecular flexibility index (Phi) is 4.61. The van der Waals surface area contributed by atoms with Crippen molar-refractivity contribution >= 4 is 17.4 Å². The van der Waals surface area contributed by atoms with E-state index in [2.05, 4.69) is 15.8 Å². The summed E-state index contributed by atoms with van der Waals surface area (Å²) in [5, 5.41) is 9.90. The minimum absolute atomic E-state index is 0.198. The Hall–Kier alpha value is -3.08. The van der Waals surface area contributed by atoms with Crippen LogP contribution in [-0.4, -0.2) is 11.1 Å². The van der Waals surface area contributed by atoms with E-state index in [9.17, 15) is 4.79 Å².